The first-order valence-electron chi connectivity index (χ1n) is 9.98. The number of rotatable bonds is 6. The van der Waals surface area contributed by atoms with Gasteiger partial charge in [-0.1, -0.05) is 12.8 Å². The molecular formula is C22H27N3O2S. The smallest absolute Gasteiger partial charge is 0.268 e. The molecule has 3 aromatic rings. The van der Waals surface area contributed by atoms with Gasteiger partial charge in [0.1, 0.15) is 16.3 Å². The van der Waals surface area contributed by atoms with Crippen LogP contribution in [0.2, 0.25) is 0 Å². The van der Waals surface area contributed by atoms with Gasteiger partial charge in [-0.15, -0.1) is 11.3 Å². The minimum Gasteiger partial charge on any atom is -0.497 e. The van der Waals surface area contributed by atoms with Gasteiger partial charge in [0.15, 0.2) is 0 Å². The number of ether oxygens (including phenoxy) is 1. The highest BCUT2D eigenvalue weighted by Gasteiger charge is 2.25. The van der Waals surface area contributed by atoms with Gasteiger partial charge in [-0.3, -0.25) is 9.69 Å². The minimum atomic E-state index is -0.0418. The van der Waals surface area contributed by atoms with E-state index in [1.807, 2.05) is 30.3 Å². The monoisotopic (exact) mass is 397 g/mol. The van der Waals surface area contributed by atoms with Crippen LogP contribution in [0.25, 0.3) is 20.7 Å². The molecule has 0 saturated heterocycles. The van der Waals surface area contributed by atoms with Crippen LogP contribution in [0.5, 0.6) is 5.75 Å². The molecule has 0 bridgehead atoms. The maximum Gasteiger partial charge on any atom is 0.268 e. The molecule has 2 heterocycles. The Bertz CT molecular complexity index is 1000. The molecule has 0 spiro atoms. The number of H-pyrrole nitrogens is 1. The second kappa shape index (κ2) is 8.05. The van der Waals surface area contributed by atoms with Crippen molar-refractivity contribution in [3.05, 3.63) is 46.5 Å². The first-order valence-corrected chi connectivity index (χ1v) is 10.8. The SMILES string of the molecule is COc1ccc(-c2cc3nc(CN(C(C)C)C4CCCC4)[nH]c(=O)c3s2)cc1. The quantitative estimate of drug-likeness (QED) is 0.648. The third kappa shape index (κ3) is 3.84. The average molecular weight is 398 g/mol. The van der Waals surface area contributed by atoms with E-state index >= 15 is 0 Å². The number of nitrogens with one attached hydrogen (secondary N) is 1. The molecule has 1 saturated carbocycles. The molecule has 0 amide bonds. The summed E-state index contributed by atoms with van der Waals surface area (Å²) in [7, 11) is 1.66. The Kier molecular flexibility index (Phi) is 5.51. The Balaban J connectivity index is 1.64. The Hall–Kier alpha value is -2.18. The molecule has 0 unspecified atom stereocenters. The number of methoxy groups -OCH3 is 1. The van der Waals surface area contributed by atoms with Crippen LogP contribution in [0.1, 0.15) is 45.4 Å². The number of hydrogen-bond acceptors (Lipinski definition) is 5. The molecule has 0 atom stereocenters. The topological polar surface area (TPSA) is 58.2 Å². The van der Waals surface area contributed by atoms with Crippen molar-refractivity contribution in [1.29, 1.82) is 0 Å². The van der Waals surface area contributed by atoms with Crippen molar-refractivity contribution in [2.45, 2.75) is 58.2 Å². The van der Waals surface area contributed by atoms with Gasteiger partial charge in [0, 0.05) is 17.0 Å². The normalized spacial score (nSPS) is 15.2. The van der Waals surface area contributed by atoms with E-state index in [2.05, 4.69) is 23.7 Å². The summed E-state index contributed by atoms with van der Waals surface area (Å²) in [5.41, 5.74) is 1.81. The van der Waals surface area contributed by atoms with Crippen molar-refractivity contribution >= 4 is 21.6 Å². The van der Waals surface area contributed by atoms with Gasteiger partial charge >= 0.3 is 0 Å². The van der Waals surface area contributed by atoms with Crippen LogP contribution in [0, 0.1) is 0 Å². The standard InChI is InChI=1S/C22H27N3O2S/c1-14(2)25(16-6-4-5-7-16)13-20-23-18-12-19(28-21(18)22(26)24-20)15-8-10-17(27-3)11-9-15/h8-12,14,16H,4-7,13H2,1-3H3,(H,23,24,26). The fraction of sp³-hybridized carbons (Fsp3) is 0.455. The van der Waals surface area contributed by atoms with Gasteiger partial charge in [-0.05, 0) is 62.6 Å². The number of aromatic amines is 1. The van der Waals surface area contributed by atoms with E-state index in [4.69, 9.17) is 9.72 Å². The molecule has 1 aromatic carbocycles. The molecule has 0 radical (unpaired) electrons. The van der Waals surface area contributed by atoms with Gasteiger partial charge < -0.3 is 9.72 Å². The van der Waals surface area contributed by atoms with E-state index in [0.717, 1.165) is 27.5 Å². The van der Waals surface area contributed by atoms with Gasteiger partial charge in [-0.2, -0.15) is 0 Å². The van der Waals surface area contributed by atoms with Crippen LogP contribution < -0.4 is 10.3 Å². The number of fused-ring (bicyclic) bond motifs is 1. The summed E-state index contributed by atoms with van der Waals surface area (Å²) >= 11 is 1.49. The molecule has 1 fully saturated rings. The lowest BCUT2D eigenvalue weighted by Gasteiger charge is -2.32. The van der Waals surface area contributed by atoms with Crippen LogP contribution in [0.4, 0.5) is 0 Å². The van der Waals surface area contributed by atoms with Gasteiger partial charge in [0.25, 0.3) is 5.56 Å². The third-order valence-corrected chi connectivity index (χ3v) is 6.77. The predicted octanol–water partition coefficient (Wildman–Crippen LogP) is 4.81. The van der Waals surface area contributed by atoms with Crippen LogP contribution in [-0.4, -0.2) is 34.1 Å². The zero-order valence-electron chi connectivity index (χ0n) is 16.7. The maximum atomic E-state index is 12.7. The molecule has 2 aromatic heterocycles. The van der Waals surface area contributed by atoms with E-state index in [-0.39, 0.29) is 5.56 Å². The molecule has 1 N–H and O–H groups in total. The maximum absolute atomic E-state index is 12.7. The molecule has 1 aliphatic carbocycles. The second-order valence-electron chi connectivity index (χ2n) is 7.77. The average Bonchev–Trinajstić information content (AvgIpc) is 3.36. The van der Waals surface area contributed by atoms with E-state index in [1.54, 1.807) is 7.11 Å². The van der Waals surface area contributed by atoms with Crippen LogP contribution >= 0.6 is 11.3 Å². The number of benzene rings is 1. The summed E-state index contributed by atoms with van der Waals surface area (Å²) in [6.07, 6.45) is 5.08. The van der Waals surface area contributed by atoms with Crippen molar-refractivity contribution in [2.75, 3.05) is 7.11 Å². The van der Waals surface area contributed by atoms with Crippen molar-refractivity contribution < 1.29 is 4.74 Å². The summed E-state index contributed by atoms with van der Waals surface area (Å²) in [5, 5.41) is 0. The summed E-state index contributed by atoms with van der Waals surface area (Å²) < 4.78 is 5.92. The van der Waals surface area contributed by atoms with Crippen molar-refractivity contribution in [3.63, 3.8) is 0 Å². The first kappa shape index (κ1) is 19.2. The van der Waals surface area contributed by atoms with Crippen molar-refractivity contribution in [1.82, 2.24) is 14.9 Å². The molecular weight excluding hydrogens is 370 g/mol. The Morgan fingerprint density at radius 3 is 2.61 bits per heavy atom. The minimum absolute atomic E-state index is 0.0418. The predicted molar refractivity (Wildman–Crippen MR) is 115 cm³/mol. The molecule has 4 rings (SSSR count). The highest BCUT2D eigenvalue weighted by Crippen LogP contribution is 2.32. The zero-order valence-corrected chi connectivity index (χ0v) is 17.5. The molecule has 1 aliphatic rings. The highest BCUT2D eigenvalue weighted by atomic mass is 32.1. The van der Waals surface area contributed by atoms with Crippen molar-refractivity contribution in [3.8, 4) is 16.2 Å². The van der Waals surface area contributed by atoms with Crippen LogP contribution in [0.15, 0.2) is 35.1 Å². The fourth-order valence-corrected chi connectivity index (χ4v) is 5.10. The lowest BCUT2D eigenvalue weighted by Crippen LogP contribution is -2.39. The number of aromatic nitrogens is 2. The van der Waals surface area contributed by atoms with Gasteiger partial charge in [-0.25, -0.2) is 4.98 Å². The summed E-state index contributed by atoms with van der Waals surface area (Å²) in [5.74, 6) is 1.58. The summed E-state index contributed by atoms with van der Waals surface area (Å²) in [6, 6.07) is 10.9. The lowest BCUT2D eigenvalue weighted by molar-refractivity contribution is 0.142. The number of hydrogen-bond donors (Lipinski definition) is 1. The third-order valence-electron chi connectivity index (χ3n) is 5.60. The molecule has 0 aliphatic heterocycles. The van der Waals surface area contributed by atoms with Gasteiger partial charge in [0.2, 0.25) is 0 Å². The Morgan fingerprint density at radius 1 is 1.25 bits per heavy atom. The van der Waals surface area contributed by atoms with E-state index in [1.165, 1.54) is 37.0 Å². The van der Waals surface area contributed by atoms with Crippen LogP contribution in [-0.2, 0) is 6.54 Å². The fourth-order valence-electron chi connectivity index (χ4n) is 4.10. The molecule has 6 heteroatoms. The zero-order chi connectivity index (χ0) is 19.7. The number of thiophene rings is 1. The van der Waals surface area contributed by atoms with Crippen molar-refractivity contribution in [2.24, 2.45) is 0 Å². The molecule has 28 heavy (non-hydrogen) atoms. The lowest BCUT2D eigenvalue weighted by atomic mass is 10.1. The second-order valence-corrected chi connectivity index (χ2v) is 8.82. The number of nitrogens with zero attached hydrogens (tertiary/aromatic N) is 2. The van der Waals surface area contributed by atoms with Gasteiger partial charge in [0.05, 0.1) is 19.2 Å². The Morgan fingerprint density at radius 2 is 1.96 bits per heavy atom. The largest absolute Gasteiger partial charge is 0.497 e. The van der Waals surface area contributed by atoms with E-state index in [9.17, 15) is 4.79 Å². The van der Waals surface area contributed by atoms with E-state index in [0.29, 0.717) is 23.3 Å². The summed E-state index contributed by atoms with van der Waals surface area (Å²) in [4.78, 5) is 24.0. The summed E-state index contributed by atoms with van der Waals surface area (Å²) in [6.45, 7) is 5.14. The van der Waals surface area contributed by atoms with E-state index < -0.39 is 0 Å². The Labute approximate surface area is 169 Å². The molecule has 5 nitrogen and oxygen atoms in total. The molecule has 148 valence electrons. The first-order chi connectivity index (χ1) is 13.5. The highest BCUT2D eigenvalue weighted by molar-refractivity contribution is 7.22. The van der Waals surface area contributed by atoms with Crippen LogP contribution in [0.3, 0.4) is 0 Å².